The molecule has 1 N–H and O–H groups in total. The molecule has 1 aromatic rings. The van der Waals surface area contributed by atoms with Gasteiger partial charge in [-0.2, -0.15) is 11.8 Å². The van der Waals surface area contributed by atoms with E-state index in [1.807, 2.05) is 11.8 Å². The van der Waals surface area contributed by atoms with Gasteiger partial charge in [0.15, 0.2) is 0 Å². The highest BCUT2D eigenvalue weighted by molar-refractivity contribution is 7.99. The van der Waals surface area contributed by atoms with Gasteiger partial charge in [0.25, 0.3) is 0 Å². The van der Waals surface area contributed by atoms with Gasteiger partial charge in [0.1, 0.15) is 5.82 Å². The number of nitrogens with one attached hydrogen (secondary N) is 1. The van der Waals surface area contributed by atoms with Crippen LogP contribution in [0.2, 0.25) is 0 Å². The Bertz CT molecular complexity index is 461. The molecule has 1 heterocycles. The third kappa shape index (κ3) is 4.21. The molecule has 0 spiro atoms. The average molecular weight is 297 g/mol. The quantitative estimate of drug-likeness (QED) is 0.848. The van der Waals surface area contributed by atoms with Gasteiger partial charge in [-0.1, -0.05) is 12.5 Å². The Hall–Kier alpha value is -1.07. The molecule has 1 aliphatic heterocycles. The summed E-state index contributed by atoms with van der Waals surface area (Å²) >= 11 is 2.01. The number of methoxy groups -OCH3 is 1. The smallest absolute Gasteiger partial charge is 0.340 e. The first kappa shape index (κ1) is 15.3. The van der Waals surface area contributed by atoms with Gasteiger partial charge in [-0.15, -0.1) is 0 Å². The molecule has 1 atom stereocenters. The Kier molecular flexibility index (Phi) is 5.86. The van der Waals surface area contributed by atoms with Gasteiger partial charge in [0.2, 0.25) is 0 Å². The number of halogens is 1. The maximum atomic E-state index is 13.7. The first-order valence-corrected chi connectivity index (χ1v) is 7.94. The Labute approximate surface area is 123 Å². The molecule has 2 rings (SSSR count). The fourth-order valence-electron chi connectivity index (χ4n) is 2.29. The number of ether oxygens (including phenoxy) is 1. The van der Waals surface area contributed by atoms with Crippen LogP contribution in [0.15, 0.2) is 18.2 Å². The molecule has 0 aliphatic carbocycles. The molecule has 0 saturated carbocycles. The van der Waals surface area contributed by atoms with Crippen molar-refractivity contribution in [3.05, 3.63) is 35.1 Å². The minimum Gasteiger partial charge on any atom is -0.465 e. The SMILES string of the molecule is COC(=O)c1ccc(CNCC2CCCCS2)cc1F. The van der Waals surface area contributed by atoms with E-state index in [1.165, 1.54) is 44.3 Å². The number of hydrogen-bond donors (Lipinski definition) is 1. The van der Waals surface area contributed by atoms with E-state index in [0.29, 0.717) is 11.8 Å². The van der Waals surface area contributed by atoms with Crippen LogP contribution < -0.4 is 5.32 Å². The Balaban J connectivity index is 1.84. The molecule has 20 heavy (non-hydrogen) atoms. The van der Waals surface area contributed by atoms with E-state index in [0.717, 1.165) is 12.1 Å². The molecular weight excluding hydrogens is 277 g/mol. The molecule has 0 amide bonds. The summed E-state index contributed by atoms with van der Waals surface area (Å²) < 4.78 is 18.3. The zero-order valence-corrected chi connectivity index (χ0v) is 12.5. The van der Waals surface area contributed by atoms with Crippen molar-refractivity contribution in [1.82, 2.24) is 5.32 Å². The van der Waals surface area contributed by atoms with E-state index in [2.05, 4.69) is 10.1 Å². The minimum atomic E-state index is -0.638. The number of hydrogen-bond acceptors (Lipinski definition) is 4. The van der Waals surface area contributed by atoms with Crippen molar-refractivity contribution in [2.45, 2.75) is 31.1 Å². The second-order valence-electron chi connectivity index (χ2n) is 4.93. The monoisotopic (exact) mass is 297 g/mol. The van der Waals surface area contributed by atoms with Crippen LogP contribution in [0, 0.1) is 5.82 Å². The Morgan fingerprint density at radius 3 is 3.00 bits per heavy atom. The molecule has 1 aromatic carbocycles. The van der Waals surface area contributed by atoms with Crippen molar-refractivity contribution in [1.29, 1.82) is 0 Å². The lowest BCUT2D eigenvalue weighted by atomic mass is 10.1. The third-order valence-corrected chi connectivity index (χ3v) is 4.81. The Morgan fingerprint density at radius 1 is 1.50 bits per heavy atom. The van der Waals surface area contributed by atoms with Gasteiger partial charge >= 0.3 is 5.97 Å². The molecule has 1 saturated heterocycles. The van der Waals surface area contributed by atoms with Crippen molar-refractivity contribution >= 4 is 17.7 Å². The first-order chi connectivity index (χ1) is 9.70. The molecular formula is C15H20FNO2S. The molecule has 1 fully saturated rings. The highest BCUT2D eigenvalue weighted by Crippen LogP contribution is 2.24. The number of carbonyl (C=O) groups excluding carboxylic acids is 1. The molecule has 110 valence electrons. The molecule has 1 aliphatic rings. The van der Waals surface area contributed by atoms with E-state index >= 15 is 0 Å². The number of thioether (sulfide) groups is 1. The summed E-state index contributed by atoms with van der Waals surface area (Å²) in [5.74, 6) is 0.0817. The number of esters is 1. The van der Waals surface area contributed by atoms with E-state index in [1.54, 1.807) is 6.07 Å². The first-order valence-electron chi connectivity index (χ1n) is 6.90. The molecule has 5 heteroatoms. The zero-order valence-electron chi connectivity index (χ0n) is 11.7. The van der Waals surface area contributed by atoms with E-state index in [9.17, 15) is 9.18 Å². The predicted molar refractivity (Wildman–Crippen MR) is 79.5 cm³/mol. The zero-order chi connectivity index (χ0) is 14.4. The molecule has 1 unspecified atom stereocenters. The van der Waals surface area contributed by atoms with Crippen LogP contribution in [0.4, 0.5) is 4.39 Å². The van der Waals surface area contributed by atoms with Crippen molar-refractivity contribution in [2.24, 2.45) is 0 Å². The second-order valence-corrected chi connectivity index (χ2v) is 6.33. The van der Waals surface area contributed by atoms with Gasteiger partial charge < -0.3 is 10.1 Å². The molecule has 0 bridgehead atoms. The number of rotatable bonds is 5. The highest BCUT2D eigenvalue weighted by atomic mass is 32.2. The topological polar surface area (TPSA) is 38.3 Å². The summed E-state index contributed by atoms with van der Waals surface area (Å²) in [6, 6.07) is 4.64. The summed E-state index contributed by atoms with van der Waals surface area (Å²) in [5, 5.41) is 4.03. The van der Waals surface area contributed by atoms with Crippen molar-refractivity contribution < 1.29 is 13.9 Å². The molecule has 3 nitrogen and oxygen atoms in total. The Morgan fingerprint density at radius 2 is 2.35 bits per heavy atom. The van der Waals surface area contributed by atoms with Gasteiger partial charge in [-0.05, 0) is 36.3 Å². The van der Waals surface area contributed by atoms with Crippen LogP contribution in [0.5, 0.6) is 0 Å². The van der Waals surface area contributed by atoms with Crippen molar-refractivity contribution in [3.8, 4) is 0 Å². The van der Waals surface area contributed by atoms with Gasteiger partial charge in [0, 0.05) is 18.3 Å². The van der Waals surface area contributed by atoms with Crippen molar-refractivity contribution in [2.75, 3.05) is 19.4 Å². The number of carbonyl (C=O) groups is 1. The maximum Gasteiger partial charge on any atom is 0.340 e. The normalized spacial score (nSPS) is 18.8. The molecule has 0 aromatic heterocycles. The summed E-state index contributed by atoms with van der Waals surface area (Å²) in [6.45, 7) is 1.57. The minimum absolute atomic E-state index is 0.0147. The van der Waals surface area contributed by atoms with Crippen LogP contribution in [0.3, 0.4) is 0 Å². The van der Waals surface area contributed by atoms with E-state index < -0.39 is 11.8 Å². The number of benzene rings is 1. The predicted octanol–water partition coefficient (Wildman–Crippen LogP) is 2.99. The maximum absolute atomic E-state index is 13.7. The molecule has 0 radical (unpaired) electrons. The van der Waals surface area contributed by atoms with Crippen LogP contribution in [0.25, 0.3) is 0 Å². The standard InChI is InChI=1S/C15H20FNO2S/c1-19-15(18)13-6-5-11(8-14(13)16)9-17-10-12-4-2-3-7-20-12/h5-6,8,12,17H,2-4,7,9-10H2,1H3. The van der Waals surface area contributed by atoms with Gasteiger partial charge in [0.05, 0.1) is 12.7 Å². The largest absolute Gasteiger partial charge is 0.465 e. The van der Waals surface area contributed by atoms with Crippen LogP contribution in [-0.2, 0) is 11.3 Å². The van der Waals surface area contributed by atoms with Gasteiger partial charge in [-0.25, -0.2) is 9.18 Å². The fourth-order valence-corrected chi connectivity index (χ4v) is 3.56. The lowest BCUT2D eigenvalue weighted by molar-refractivity contribution is 0.0595. The second kappa shape index (κ2) is 7.64. The third-order valence-electron chi connectivity index (χ3n) is 3.41. The summed E-state index contributed by atoms with van der Waals surface area (Å²) in [4.78, 5) is 11.3. The average Bonchev–Trinajstić information content (AvgIpc) is 2.48. The fraction of sp³-hybridized carbons (Fsp3) is 0.533. The lowest BCUT2D eigenvalue weighted by Gasteiger charge is -2.21. The van der Waals surface area contributed by atoms with Crippen molar-refractivity contribution in [3.63, 3.8) is 0 Å². The summed E-state index contributed by atoms with van der Waals surface area (Å²) in [7, 11) is 1.25. The lowest BCUT2D eigenvalue weighted by Crippen LogP contribution is -2.26. The van der Waals surface area contributed by atoms with E-state index in [-0.39, 0.29) is 5.56 Å². The van der Waals surface area contributed by atoms with E-state index in [4.69, 9.17) is 0 Å². The highest BCUT2D eigenvalue weighted by Gasteiger charge is 2.14. The van der Waals surface area contributed by atoms with Crippen LogP contribution in [0.1, 0.15) is 35.2 Å². The summed E-state index contributed by atoms with van der Waals surface area (Å²) in [5.41, 5.74) is 0.829. The summed E-state index contributed by atoms with van der Waals surface area (Å²) in [6.07, 6.45) is 3.89. The van der Waals surface area contributed by atoms with Gasteiger partial charge in [-0.3, -0.25) is 0 Å². The van der Waals surface area contributed by atoms with Crippen LogP contribution >= 0.6 is 11.8 Å². The van der Waals surface area contributed by atoms with Crippen LogP contribution in [-0.4, -0.2) is 30.6 Å².